The minimum atomic E-state index is -2.14. The average Bonchev–Trinajstić information content (AvgIpc) is 2.75. The Kier molecular flexibility index (Phi) is 4.38. The predicted molar refractivity (Wildman–Crippen MR) is 102 cm³/mol. The molecule has 2 aromatic rings. The molecular weight excluding hydrogens is 378 g/mol. The molecule has 29 heavy (non-hydrogen) atoms. The number of ketones is 1. The molecule has 2 aliphatic rings. The topological polar surface area (TPSA) is 94.5 Å². The minimum Gasteiger partial charge on any atom is -0.493 e. The van der Waals surface area contributed by atoms with Gasteiger partial charge in [0.05, 0.1) is 34.0 Å². The maximum Gasteiger partial charge on any atom is 0.257 e. The van der Waals surface area contributed by atoms with Gasteiger partial charge in [-0.1, -0.05) is 0 Å². The van der Waals surface area contributed by atoms with Crippen molar-refractivity contribution < 1.29 is 33.6 Å². The van der Waals surface area contributed by atoms with E-state index in [1.54, 1.807) is 12.1 Å². The van der Waals surface area contributed by atoms with Gasteiger partial charge in [0.25, 0.3) is 5.91 Å². The molecule has 0 saturated carbocycles. The van der Waals surface area contributed by atoms with E-state index in [4.69, 9.17) is 18.9 Å². The summed E-state index contributed by atoms with van der Waals surface area (Å²) in [4.78, 5) is 27.9. The third-order valence-corrected chi connectivity index (χ3v) is 5.54. The largest absolute Gasteiger partial charge is 0.493 e. The van der Waals surface area contributed by atoms with Gasteiger partial charge in [0, 0.05) is 17.7 Å². The van der Waals surface area contributed by atoms with Gasteiger partial charge in [0.1, 0.15) is 0 Å². The van der Waals surface area contributed by atoms with Crippen LogP contribution in [0.15, 0.2) is 24.3 Å². The van der Waals surface area contributed by atoms with Gasteiger partial charge in [-0.25, -0.2) is 0 Å². The van der Waals surface area contributed by atoms with Gasteiger partial charge >= 0.3 is 0 Å². The first-order valence-electron chi connectivity index (χ1n) is 9.01. The molecule has 1 amide bonds. The highest BCUT2D eigenvalue weighted by Crippen LogP contribution is 2.46. The SMILES string of the molecule is COc1cc2c(cc1OC)[C@@]1(O)C(=O)c3cc(OC)c(OC)cc3C(=O)N1CC2. The number of Topliss-reactive ketones (excluding diaryl/α,β-unsaturated/α-hetero) is 1. The second kappa shape index (κ2) is 6.66. The number of ether oxygens (including phenoxy) is 4. The first kappa shape index (κ1) is 19.1. The summed E-state index contributed by atoms with van der Waals surface area (Å²) in [5.74, 6) is 0.420. The quantitative estimate of drug-likeness (QED) is 0.837. The fourth-order valence-corrected chi connectivity index (χ4v) is 4.06. The molecule has 0 saturated heterocycles. The molecule has 0 spiro atoms. The molecule has 0 aromatic heterocycles. The van der Waals surface area contributed by atoms with E-state index in [0.717, 1.165) is 0 Å². The molecule has 4 rings (SSSR count). The van der Waals surface area contributed by atoms with E-state index >= 15 is 0 Å². The Balaban J connectivity index is 1.95. The van der Waals surface area contributed by atoms with E-state index in [1.165, 1.54) is 45.5 Å². The summed E-state index contributed by atoms with van der Waals surface area (Å²) in [5.41, 5.74) is -0.876. The Labute approximate surface area is 167 Å². The van der Waals surface area contributed by atoms with Gasteiger partial charge in [0.15, 0.2) is 23.0 Å². The Bertz CT molecular complexity index is 1030. The zero-order valence-electron chi connectivity index (χ0n) is 16.6. The lowest BCUT2D eigenvalue weighted by atomic mass is 9.79. The molecule has 152 valence electrons. The number of hydrogen-bond acceptors (Lipinski definition) is 7. The standard InChI is InChI=1S/C21H21NO7/c1-26-15-7-11-5-6-22-20(24)13-9-17(28-3)16(27-2)8-12(13)19(23)21(22,25)14(11)10-18(15)29-4/h7-10,25H,5-6H2,1-4H3/t21-/m1/s1. The maximum atomic E-state index is 13.5. The number of fused-ring (bicyclic) bond motifs is 4. The lowest BCUT2D eigenvalue weighted by Crippen LogP contribution is -2.61. The fourth-order valence-electron chi connectivity index (χ4n) is 4.06. The smallest absolute Gasteiger partial charge is 0.257 e. The summed E-state index contributed by atoms with van der Waals surface area (Å²) in [6.45, 7) is 0.178. The number of benzene rings is 2. The van der Waals surface area contributed by atoms with Crippen LogP contribution in [0.3, 0.4) is 0 Å². The van der Waals surface area contributed by atoms with Crippen molar-refractivity contribution in [1.29, 1.82) is 0 Å². The van der Waals surface area contributed by atoms with Crippen molar-refractivity contribution in [3.63, 3.8) is 0 Å². The van der Waals surface area contributed by atoms with E-state index in [9.17, 15) is 14.7 Å². The molecule has 0 bridgehead atoms. The van der Waals surface area contributed by atoms with Gasteiger partial charge in [-0.2, -0.15) is 0 Å². The van der Waals surface area contributed by atoms with Crippen molar-refractivity contribution in [2.45, 2.75) is 12.1 Å². The number of amides is 1. The zero-order chi connectivity index (χ0) is 20.9. The molecule has 0 unspecified atom stereocenters. The summed E-state index contributed by atoms with van der Waals surface area (Å²) in [6, 6.07) is 6.18. The van der Waals surface area contributed by atoms with Crippen molar-refractivity contribution in [1.82, 2.24) is 4.90 Å². The van der Waals surface area contributed by atoms with Gasteiger partial charge in [0.2, 0.25) is 11.5 Å². The fraction of sp³-hybridized carbons (Fsp3) is 0.333. The summed E-state index contributed by atoms with van der Waals surface area (Å²) in [7, 11) is 5.87. The second-order valence-electron chi connectivity index (χ2n) is 6.83. The van der Waals surface area contributed by atoms with Crippen LogP contribution in [0.1, 0.15) is 31.8 Å². The van der Waals surface area contributed by atoms with Gasteiger partial charge in [-0.3, -0.25) is 14.5 Å². The highest BCUT2D eigenvalue weighted by Gasteiger charge is 2.55. The molecule has 1 N–H and O–H groups in total. The molecule has 0 fully saturated rings. The van der Waals surface area contributed by atoms with Gasteiger partial charge in [-0.15, -0.1) is 0 Å². The number of hydrogen-bond donors (Lipinski definition) is 1. The summed E-state index contributed by atoms with van der Waals surface area (Å²) in [6.07, 6.45) is 0.458. The third kappa shape index (κ3) is 2.49. The number of carbonyl (C=O) groups excluding carboxylic acids is 2. The van der Waals surface area contributed by atoms with Crippen molar-refractivity contribution >= 4 is 11.7 Å². The van der Waals surface area contributed by atoms with Crippen LogP contribution in [0.25, 0.3) is 0 Å². The first-order chi connectivity index (χ1) is 13.9. The normalized spacial score (nSPS) is 19.8. The third-order valence-electron chi connectivity index (χ3n) is 5.54. The lowest BCUT2D eigenvalue weighted by molar-refractivity contribution is -0.0738. The summed E-state index contributed by atoms with van der Waals surface area (Å²) in [5, 5.41) is 11.6. The molecule has 8 nitrogen and oxygen atoms in total. The predicted octanol–water partition coefficient (Wildman–Crippen LogP) is 1.76. The van der Waals surface area contributed by atoms with Crippen LogP contribution < -0.4 is 18.9 Å². The van der Waals surface area contributed by atoms with Crippen molar-refractivity contribution in [2.75, 3.05) is 35.0 Å². The monoisotopic (exact) mass is 399 g/mol. The van der Waals surface area contributed by atoms with Crippen LogP contribution in [-0.2, 0) is 12.1 Å². The molecule has 8 heteroatoms. The van der Waals surface area contributed by atoms with E-state index in [-0.39, 0.29) is 17.7 Å². The van der Waals surface area contributed by atoms with Crippen LogP contribution in [0, 0.1) is 0 Å². The first-order valence-corrected chi connectivity index (χ1v) is 9.01. The molecule has 2 heterocycles. The Morgan fingerprint density at radius 1 is 0.828 bits per heavy atom. The highest BCUT2D eigenvalue weighted by molar-refractivity contribution is 6.17. The van der Waals surface area contributed by atoms with E-state index in [1.807, 2.05) is 0 Å². The number of nitrogens with zero attached hydrogens (tertiary/aromatic N) is 1. The van der Waals surface area contributed by atoms with E-state index in [2.05, 4.69) is 0 Å². The van der Waals surface area contributed by atoms with Crippen molar-refractivity contribution in [2.24, 2.45) is 0 Å². The average molecular weight is 399 g/mol. The van der Waals surface area contributed by atoms with E-state index < -0.39 is 17.4 Å². The lowest BCUT2D eigenvalue weighted by Gasteiger charge is -2.46. The molecule has 1 atom stereocenters. The van der Waals surface area contributed by atoms with Crippen molar-refractivity contribution in [3.05, 3.63) is 46.5 Å². The number of methoxy groups -OCH3 is 4. The Morgan fingerprint density at radius 2 is 1.34 bits per heavy atom. The molecular formula is C21H21NO7. The van der Waals surface area contributed by atoms with Crippen LogP contribution in [0.5, 0.6) is 23.0 Å². The van der Waals surface area contributed by atoms with E-state index in [0.29, 0.717) is 40.5 Å². The number of rotatable bonds is 4. The molecule has 0 radical (unpaired) electrons. The number of aliphatic hydroxyl groups is 1. The van der Waals surface area contributed by atoms with Crippen LogP contribution in [-0.4, -0.2) is 56.7 Å². The van der Waals surface area contributed by atoms with Crippen LogP contribution in [0.4, 0.5) is 0 Å². The summed E-state index contributed by atoms with van der Waals surface area (Å²) < 4.78 is 21.2. The van der Waals surface area contributed by atoms with Gasteiger partial charge in [-0.05, 0) is 36.2 Å². The van der Waals surface area contributed by atoms with Crippen LogP contribution in [0.2, 0.25) is 0 Å². The zero-order valence-corrected chi connectivity index (χ0v) is 16.6. The summed E-state index contributed by atoms with van der Waals surface area (Å²) >= 11 is 0. The number of carbonyl (C=O) groups is 2. The second-order valence-corrected chi connectivity index (χ2v) is 6.83. The minimum absolute atomic E-state index is 0.0778. The highest BCUT2D eigenvalue weighted by atomic mass is 16.5. The Hall–Kier alpha value is -3.26. The molecule has 2 aromatic carbocycles. The van der Waals surface area contributed by atoms with Gasteiger partial charge < -0.3 is 24.1 Å². The van der Waals surface area contributed by atoms with Crippen molar-refractivity contribution in [3.8, 4) is 23.0 Å². The molecule has 0 aliphatic carbocycles. The molecule has 2 aliphatic heterocycles. The Morgan fingerprint density at radius 3 is 1.93 bits per heavy atom. The van der Waals surface area contributed by atoms with Crippen LogP contribution >= 0.6 is 0 Å². The maximum absolute atomic E-state index is 13.5.